The van der Waals surface area contributed by atoms with Gasteiger partial charge in [-0.05, 0) is 12.1 Å². The fourth-order valence-electron chi connectivity index (χ4n) is 1.06. The number of hydrogen-bond acceptors (Lipinski definition) is 4. The third-order valence-electron chi connectivity index (χ3n) is 1.59. The van der Waals surface area contributed by atoms with Crippen LogP contribution in [0.2, 0.25) is 0 Å². The molecule has 0 aliphatic carbocycles. The number of rotatable bonds is 1. The normalized spacial score (nSPS) is 10.5. The molecule has 0 fully saturated rings. The first-order chi connectivity index (χ1) is 6.18. The molecule has 1 heterocycles. The molecule has 0 bridgehead atoms. The van der Waals surface area contributed by atoms with Gasteiger partial charge in [-0.15, -0.1) is 0 Å². The minimum Gasteiger partial charge on any atom is -0.478 e. The van der Waals surface area contributed by atoms with Crippen molar-refractivity contribution in [2.24, 2.45) is 0 Å². The van der Waals surface area contributed by atoms with Crippen molar-refractivity contribution in [1.29, 1.82) is 0 Å². The average molecular weight is 196 g/mol. The third kappa shape index (κ3) is 1.23. The van der Waals surface area contributed by atoms with Crippen LogP contribution in [0.15, 0.2) is 27.4 Å². The molecule has 0 unspecified atom stereocenters. The van der Waals surface area contributed by atoms with Gasteiger partial charge < -0.3 is 9.52 Å². The van der Waals surface area contributed by atoms with Crippen molar-refractivity contribution in [2.75, 3.05) is 0 Å². The Morgan fingerprint density at radius 3 is 2.92 bits per heavy atom. The Morgan fingerprint density at radius 2 is 2.23 bits per heavy atom. The van der Waals surface area contributed by atoms with E-state index in [1.54, 1.807) is 12.1 Å². The molecule has 66 valence electrons. The van der Waals surface area contributed by atoms with Crippen LogP contribution in [0.25, 0.3) is 10.3 Å². The van der Waals surface area contributed by atoms with Crippen LogP contribution in [0, 0.1) is 0 Å². The molecule has 4 nitrogen and oxygen atoms in total. The van der Waals surface area contributed by atoms with Crippen molar-refractivity contribution in [3.63, 3.8) is 0 Å². The molecule has 2 rings (SSSR count). The highest BCUT2D eigenvalue weighted by atomic mass is 32.1. The maximum absolute atomic E-state index is 10.8. The first-order valence-electron chi connectivity index (χ1n) is 3.44. The maximum atomic E-state index is 10.8. The second-order valence-electron chi connectivity index (χ2n) is 2.39. The van der Waals surface area contributed by atoms with E-state index in [0.717, 1.165) is 11.3 Å². The highest BCUT2D eigenvalue weighted by Crippen LogP contribution is 2.20. The van der Waals surface area contributed by atoms with Crippen LogP contribution >= 0.6 is 11.3 Å². The van der Waals surface area contributed by atoms with Gasteiger partial charge in [-0.1, -0.05) is 17.4 Å². The Morgan fingerprint density at radius 1 is 1.46 bits per heavy atom. The van der Waals surface area contributed by atoms with E-state index in [1.165, 1.54) is 6.07 Å². The Bertz CT molecular complexity index is 522. The molecule has 0 atom stereocenters. The summed E-state index contributed by atoms with van der Waals surface area (Å²) in [7, 11) is 0. The largest absolute Gasteiger partial charge is 0.478 e. The standard InChI is InChI=1S/C8H4O4S/c9-7(10)4-2-1-3-5-6(4)12-8(11)13-5/h1-3H,(H,9,10). The Labute approximate surface area is 76.0 Å². The van der Waals surface area contributed by atoms with Gasteiger partial charge in [-0.2, -0.15) is 0 Å². The molecule has 0 saturated heterocycles. The lowest BCUT2D eigenvalue weighted by Gasteiger charge is -1.92. The van der Waals surface area contributed by atoms with Crippen molar-refractivity contribution in [3.8, 4) is 0 Å². The van der Waals surface area contributed by atoms with Crippen molar-refractivity contribution in [1.82, 2.24) is 0 Å². The quantitative estimate of drug-likeness (QED) is 0.751. The summed E-state index contributed by atoms with van der Waals surface area (Å²) in [6.45, 7) is 0. The number of benzene rings is 1. The summed E-state index contributed by atoms with van der Waals surface area (Å²) in [6.07, 6.45) is 0. The van der Waals surface area contributed by atoms with E-state index >= 15 is 0 Å². The molecule has 5 heteroatoms. The van der Waals surface area contributed by atoms with E-state index in [-0.39, 0.29) is 11.1 Å². The molecule has 13 heavy (non-hydrogen) atoms. The molecular weight excluding hydrogens is 192 g/mol. The van der Waals surface area contributed by atoms with Gasteiger partial charge in [-0.3, -0.25) is 0 Å². The maximum Gasteiger partial charge on any atom is 0.396 e. The van der Waals surface area contributed by atoms with Gasteiger partial charge in [0.05, 0.1) is 4.70 Å². The lowest BCUT2D eigenvalue weighted by molar-refractivity contribution is 0.0698. The first-order valence-corrected chi connectivity index (χ1v) is 4.26. The molecule has 0 radical (unpaired) electrons. The fourth-order valence-corrected chi connectivity index (χ4v) is 1.76. The second kappa shape index (κ2) is 2.70. The predicted molar refractivity (Wildman–Crippen MR) is 47.3 cm³/mol. The fraction of sp³-hybridized carbons (Fsp3) is 0. The van der Waals surface area contributed by atoms with Crippen LogP contribution in [0.5, 0.6) is 0 Å². The molecule has 1 aromatic carbocycles. The van der Waals surface area contributed by atoms with Crippen LogP contribution in [-0.4, -0.2) is 11.1 Å². The molecule has 0 spiro atoms. The number of carboxylic acids is 1. The Balaban J connectivity index is 2.90. The van der Waals surface area contributed by atoms with Gasteiger partial charge in [0, 0.05) is 0 Å². The zero-order valence-corrected chi connectivity index (χ0v) is 7.13. The minimum absolute atomic E-state index is 0.0239. The van der Waals surface area contributed by atoms with E-state index in [4.69, 9.17) is 9.52 Å². The van der Waals surface area contributed by atoms with Gasteiger partial charge in [0.15, 0.2) is 5.58 Å². The summed E-state index contributed by atoms with van der Waals surface area (Å²) in [4.78, 5) is 21.0. The number of para-hydroxylation sites is 1. The smallest absolute Gasteiger partial charge is 0.396 e. The summed E-state index contributed by atoms with van der Waals surface area (Å²) in [5.74, 6) is -1.09. The van der Waals surface area contributed by atoms with Gasteiger partial charge in [0.1, 0.15) is 5.56 Å². The summed E-state index contributed by atoms with van der Waals surface area (Å²) >= 11 is 0.898. The molecule has 1 aromatic heterocycles. The van der Waals surface area contributed by atoms with Gasteiger partial charge in [0.2, 0.25) is 0 Å². The van der Waals surface area contributed by atoms with Crippen molar-refractivity contribution < 1.29 is 14.3 Å². The monoisotopic (exact) mass is 196 g/mol. The lowest BCUT2D eigenvalue weighted by Crippen LogP contribution is -1.95. The van der Waals surface area contributed by atoms with Gasteiger partial charge in [0.25, 0.3) is 0 Å². The van der Waals surface area contributed by atoms with Gasteiger partial charge >= 0.3 is 10.9 Å². The second-order valence-corrected chi connectivity index (χ2v) is 3.37. The predicted octanol–water partition coefficient (Wildman–Crippen LogP) is 1.55. The zero-order valence-electron chi connectivity index (χ0n) is 6.31. The van der Waals surface area contributed by atoms with Crippen LogP contribution in [-0.2, 0) is 0 Å². The van der Waals surface area contributed by atoms with Crippen LogP contribution in [0.3, 0.4) is 0 Å². The third-order valence-corrected chi connectivity index (χ3v) is 2.38. The first kappa shape index (κ1) is 8.00. The van der Waals surface area contributed by atoms with Crippen molar-refractivity contribution in [2.45, 2.75) is 0 Å². The van der Waals surface area contributed by atoms with Crippen molar-refractivity contribution in [3.05, 3.63) is 33.5 Å². The summed E-state index contributed by atoms with van der Waals surface area (Å²) < 4.78 is 5.30. The lowest BCUT2D eigenvalue weighted by atomic mass is 10.2. The van der Waals surface area contributed by atoms with Crippen LogP contribution < -0.4 is 4.94 Å². The molecule has 0 aliphatic rings. The molecule has 0 aliphatic heterocycles. The van der Waals surface area contributed by atoms with Crippen molar-refractivity contribution >= 4 is 27.6 Å². The zero-order chi connectivity index (χ0) is 9.42. The topological polar surface area (TPSA) is 67.5 Å². The Kier molecular flexibility index (Phi) is 1.66. The highest BCUT2D eigenvalue weighted by molar-refractivity contribution is 7.16. The summed E-state index contributed by atoms with van der Waals surface area (Å²) in [6, 6.07) is 4.63. The van der Waals surface area contributed by atoms with E-state index < -0.39 is 10.9 Å². The number of carboxylic acid groups (broad SMARTS) is 1. The molecule has 2 aromatic rings. The van der Waals surface area contributed by atoms with E-state index in [9.17, 15) is 9.59 Å². The van der Waals surface area contributed by atoms with E-state index in [0.29, 0.717) is 4.70 Å². The number of fused-ring (bicyclic) bond motifs is 1. The summed E-state index contributed by atoms with van der Waals surface area (Å²) in [5.41, 5.74) is 0.181. The number of carbonyl (C=O) groups is 1. The molecule has 1 N–H and O–H groups in total. The molecule has 0 saturated carbocycles. The van der Waals surface area contributed by atoms with Gasteiger partial charge in [-0.25, -0.2) is 9.59 Å². The summed E-state index contributed by atoms with van der Waals surface area (Å²) in [5, 5.41) is 8.73. The van der Waals surface area contributed by atoms with Crippen LogP contribution in [0.1, 0.15) is 10.4 Å². The molecule has 0 amide bonds. The average Bonchev–Trinajstić information content (AvgIpc) is 2.43. The minimum atomic E-state index is -1.09. The highest BCUT2D eigenvalue weighted by Gasteiger charge is 2.12. The van der Waals surface area contributed by atoms with Crippen LogP contribution in [0.4, 0.5) is 0 Å². The van der Waals surface area contributed by atoms with E-state index in [2.05, 4.69) is 0 Å². The Hall–Kier alpha value is -1.62. The van der Waals surface area contributed by atoms with E-state index in [1.807, 2.05) is 0 Å². The SMILES string of the molecule is O=C(O)c1cccc2sc(=O)oc12. The number of aromatic carboxylic acids is 1. The molecular formula is C8H4O4S. The number of hydrogen-bond donors (Lipinski definition) is 1.